The van der Waals surface area contributed by atoms with Crippen LogP contribution >= 0.6 is 0 Å². The van der Waals surface area contributed by atoms with E-state index in [1.165, 1.54) is 0 Å². The first kappa shape index (κ1) is 12.0. The van der Waals surface area contributed by atoms with E-state index in [2.05, 4.69) is 15.4 Å². The Hall–Kier alpha value is -1.11. The minimum absolute atomic E-state index is 0.133. The highest BCUT2D eigenvalue weighted by Crippen LogP contribution is 2.26. The van der Waals surface area contributed by atoms with Crippen LogP contribution in [0.15, 0.2) is 29.2 Å². The lowest BCUT2D eigenvalue weighted by Crippen LogP contribution is -2.51. The average molecular weight is 267 g/mol. The van der Waals surface area contributed by atoms with E-state index in [1.54, 1.807) is 12.1 Å². The second-order valence-corrected chi connectivity index (χ2v) is 6.57. The first-order valence-corrected chi connectivity index (χ1v) is 7.72. The van der Waals surface area contributed by atoms with Crippen LogP contribution in [0.2, 0.25) is 0 Å². The number of anilines is 1. The molecule has 1 aromatic rings. The van der Waals surface area contributed by atoms with Crippen LogP contribution in [0, 0.1) is 0 Å². The van der Waals surface area contributed by atoms with Gasteiger partial charge in [0.2, 0.25) is 10.0 Å². The molecule has 1 heterocycles. The number of hydrogen-bond acceptors (Lipinski definition) is 4. The van der Waals surface area contributed by atoms with Gasteiger partial charge in [0.15, 0.2) is 0 Å². The van der Waals surface area contributed by atoms with Crippen molar-refractivity contribution in [2.75, 3.05) is 18.4 Å². The number of sulfonamides is 1. The zero-order chi connectivity index (χ0) is 12.6. The van der Waals surface area contributed by atoms with Gasteiger partial charge in [-0.3, -0.25) is 0 Å². The molecule has 0 amide bonds. The van der Waals surface area contributed by atoms with Crippen molar-refractivity contribution in [1.29, 1.82) is 0 Å². The number of para-hydroxylation sites is 1. The van der Waals surface area contributed by atoms with Crippen molar-refractivity contribution in [3.05, 3.63) is 24.3 Å². The molecular weight excluding hydrogens is 250 g/mol. The molecule has 1 aliphatic carbocycles. The Morgan fingerprint density at radius 2 is 1.83 bits per heavy atom. The van der Waals surface area contributed by atoms with E-state index >= 15 is 0 Å². The molecule has 0 bridgehead atoms. The molecule has 1 aliphatic heterocycles. The van der Waals surface area contributed by atoms with Crippen molar-refractivity contribution >= 4 is 15.7 Å². The predicted molar refractivity (Wildman–Crippen MR) is 70.1 cm³/mol. The van der Waals surface area contributed by atoms with Gasteiger partial charge in [0, 0.05) is 19.1 Å². The van der Waals surface area contributed by atoms with Gasteiger partial charge in [-0.25, -0.2) is 13.1 Å². The Balaban J connectivity index is 1.84. The fourth-order valence-electron chi connectivity index (χ4n) is 1.91. The van der Waals surface area contributed by atoms with E-state index in [9.17, 15) is 8.42 Å². The maximum absolute atomic E-state index is 12.2. The van der Waals surface area contributed by atoms with Gasteiger partial charge in [-0.15, -0.1) is 0 Å². The molecule has 98 valence electrons. The molecule has 0 aromatic heterocycles. The molecule has 3 rings (SSSR count). The molecule has 3 N–H and O–H groups in total. The molecular formula is C12H17N3O2S. The second-order valence-electron chi connectivity index (χ2n) is 4.89. The van der Waals surface area contributed by atoms with E-state index in [1.807, 2.05) is 12.1 Å². The highest BCUT2D eigenvalue weighted by Gasteiger charge is 2.29. The van der Waals surface area contributed by atoms with Gasteiger partial charge in [-0.1, -0.05) is 12.1 Å². The third-order valence-electron chi connectivity index (χ3n) is 3.22. The Labute approximate surface area is 107 Å². The van der Waals surface area contributed by atoms with E-state index in [4.69, 9.17) is 0 Å². The molecule has 0 radical (unpaired) electrons. The molecule has 0 spiro atoms. The average Bonchev–Trinajstić information content (AvgIpc) is 3.07. The first-order chi connectivity index (χ1) is 8.65. The topological polar surface area (TPSA) is 70.2 Å². The van der Waals surface area contributed by atoms with Crippen LogP contribution < -0.4 is 15.4 Å². The lowest BCUT2D eigenvalue weighted by Gasteiger charge is -2.29. The van der Waals surface area contributed by atoms with Gasteiger partial charge in [0.1, 0.15) is 4.90 Å². The smallest absolute Gasteiger partial charge is 0.242 e. The molecule has 1 saturated heterocycles. The third kappa shape index (κ3) is 2.50. The van der Waals surface area contributed by atoms with E-state index in [0.717, 1.165) is 25.9 Å². The summed E-state index contributed by atoms with van der Waals surface area (Å²) in [5.41, 5.74) is 0.692. The SMILES string of the molecule is O=S(=O)(NC1CC1)c1ccccc1NC1CNC1. The minimum Gasteiger partial charge on any atom is -0.379 e. The van der Waals surface area contributed by atoms with E-state index < -0.39 is 10.0 Å². The van der Waals surface area contributed by atoms with Gasteiger partial charge in [-0.2, -0.15) is 0 Å². The zero-order valence-corrected chi connectivity index (χ0v) is 10.8. The lowest BCUT2D eigenvalue weighted by atomic mass is 10.1. The predicted octanol–water partition coefficient (Wildman–Crippen LogP) is 0.511. The Morgan fingerprint density at radius 3 is 2.44 bits per heavy atom. The van der Waals surface area contributed by atoms with Crippen molar-refractivity contribution < 1.29 is 8.42 Å². The summed E-state index contributed by atoms with van der Waals surface area (Å²) in [5, 5.41) is 6.42. The molecule has 5 nitrogen and oxygen atoms in total. The summed E-state index contributed by atoms with van der Waals surface area (Å²) in [6.07, 6.45) is 1.89. The number of hydrogen-bond donors (Lipinski definition) is 3. The van der Waals surface area contributed by atoms with Crippen molar-refractivity contribution in [1.82, 2.24) is 10.0 Å². The monoisotopic (exact) mass is 267 g/mol. The van der Waals surface area contributed by atoms with Crippen LogP contribution in [0.5, 0.6) is 0 Å². The largest absolute Gasteiger partial charge is 0.379 e. The van der Waals surface area contributed by atoms with Crippen LogP contribution in [0.1, 0.15) is 12.8 Å². The standard InChI is InChI=1S/C12H17N3O2S/c16-18(17,15-9-5-6-9)12-4-2-1-3-11(12)14-10-7-13-8-10/h1-4,9-10,13-15H,5-8H2. The Bertz CT molecular complexity index is 536. The third-order valence-corrected chi connectivity index (χ3v) is 4.80. The number of rotatable bonds is 5. The summed E-state index contributed by atoms with van der Waals surface area (Å²) in [5.74, 6) is 0. The van der Waals surface area contributed by atoms with Gasteiger partial charge in [0.05, 0.1) is 11.7 Å². The molecule has 2 fully saturated rings. The van der Waals surface area contributed by atoms with Crippen LogP contribution in [-0.4, -0.2) is 33.6 Å². The first-order valence-electron chi connectivity index (χ1n) is 6.24. The quantitative estimate of drug-likeness (QED) is 0.727. The minimum atomic E-state index is -3.39. The van der Waals surface area contributed by atoms with Crippen LogP contribution in [0.4, 0.5) is 5.69 Å². The summed E-state index contributed by atoms with van der Waals surface area (Å²) in [4.78, 5) is 0.351. The lowest BCUT2D eigenvalue weighted by molar-refractivity contribution is 0.471. The van der Waals surface area contributed by atoms with Gasteiger partial charge >= 0.3 is 0 Å². The van der Waals surface area contributed by atoms with Crippen molar-refractivity contribution in [2.45, 2.75) is 29.8 Å². The van der Waals surface area contributed by atoms with Gasteiger partial charge in [0.25, 0.3) is 0 Å². The van der Waals surface area contributed by atoms with Crippen LogP contribution in [-0.2, 0) is 10.0 Å². The maximum Gasteiger partial charge on any atom is 0.242 e. The van der Waals surface area contributed by atoms with Crippen molar-refractivity contribution in [2.24, 2.45) is 0 Å². The Kier molecular flexibility index (Phi) is 3.01. The summed E-state index contributed by atoms with van der Waals surface area (Å²) < 4.78 is 27.2. The van der Waals surface area contributed by atoms with Crippen molar-refractivity contribution in [3.63, 3.8) is 0 Å². The zero-order valence-electron chi connectivity index (χ0n) is 10.0. The summed E-state index contributed by atoms with van der Waals surface area (Å²) in [6, 6.07) is 7.53. The Morgan fingerprint density at radius 1 is 1.11 bits per heavy atom. The summed E-state index contributed by atoms with van der Waals surface area (Å²) >= 11 is 0. The molecule has 0 atom stereocenters. The molecule has 0 unspecified atom stereocenters. The van der Waals surface area contributed by atoms with Gasteiger partial charge < -0.3 is 10.6 Å². The van der Waals surface area contributed by atoms with Crippen molar-refractivity contribution in [3.8, 4) is 0 Å². The van der Waals surface area contributed by atoms with E-state index in [0.29, 0.717) is 16.6 Å². The molecule has 1 aromatic carbocycles. The number of benzene rings is 1. The summed E-state index contributed by atoms with van der Waals surface area (Å²) in [7, 11) is -3.39. The molecule has 18 heavy (non-hydrogen) atoms. The van der Waals surface area contributed by atoms with Gasteiger partial charge in [-0.05, 0) is 25.0 Å². The maximum atomic E-state index is 12.2. The number of nitrogens with one attached hydrogen (secondary N) is 3. The summed E-state index contributed by atoms with van der Waals surface area (Å²) in [6.45, 7) is 1.76. The fourth-order valence-corrected chi connectivity index (χ4v) is 3.39. The molecule has 2 aliphatic rings. The highest BCUT2D eigenvalue weighted by molar-refractivity contribution is 7.89. The van der Waals surface area contributed by atoms with Crippen LogP contribution in [0.3, 0.4) is 0 Å². The molecule has 1 saturated carbocycles. The highest BCUT2D eigenvalue weighted by atomic mass is 32.2. The fraction of sp³-hybridized carbons (Fsp3) is 0.500. The molecule has 6 heteroatoms. The second kappa shape index (κ2) is 4.53. The van der Waals surface area contributed by atoms with Crippen LogP contribution in [0.25, 0.3) is 0 Å². The van der Waals surface area contributed by atoms with E-state index in [-0.39, 0.29) is 6.04 Å². The normalized spacial score (nSPS) is 20.4.